The highest BCUT2D eigenvalue weighted by Crippen LogP contribution is 2.36. The van der Waals surface area contributed by atoms with Crippen LogP contribution in [-0.4, -0.2) is 47.9 Å². The van der Waals surface area contributed by atoms with Crippen molar-refractivity contribution >= 4 is 64.0 Å². The SMILES string of the molecule is CN[C@@H](C)C(=O)NC(C(=O)N1c2ncccc2CC1C(=O)Nc1c(Cl)cc(Cl)cc1Cl)C(C)C. The van der Waals surface area contributed by atoms with Gasteiger partial charge in [-0.15, -0.1) is 0 Å². The number of likely N-dealkylation sites (N-methyl/N-ethyl adjacent to an activating group) is 1. The van der Waals surface area contributed by atoms with Gasteiger partial charge in [0.1, 0.15) is 17.9 Å². The molecule has 1 aliphatic rings. The first-order valence-electron chi connectivity index (χ1n) is 10.7. The smallest absolute Gasteiger partial charge is 0.251 e. The van der Waals surface area contributed by atoms with Crippen molar-refractivity contribution < 1.29 is 14.4 Å². The van der Waals surface area contributed by atoms with Crippen LogP contribution in [0.3, 0.4) is 0 Å². The molecule has 1 aromatic carbocycles. The Labute approximate surface area is 213 Å². The maximum atomic E-state index is 13.7. The number of hydrogen-bond donors (Lipinski definition) is 3. The minimum Gasteiger partial charge on any atom is -0.343 e. The third-order valence-electron chi connectivity index (χ3n) is 5.67. The highest BCUT2D eigenvalue weighted by molar-refractivity contribution is 6.42. The van der Waals surface area contributed by atoms with Crippen molar-refractivity contribution in [1.82, 2.24) is 15.6 Å². The first-order valence-corrected chi connectivity index (χ1v) is 11.9. The lowest BCUT2D eigenvalue weighted by Gasteiger charge is -2.31. The zero-order valence-electron chi connectivity index (χ0n) is 19.2. The topological polar surface area (TPSA) is 103 Å². The molecule has 1 aliphatic heterocycles. The Bertz CT molecular complexity index is 1090. The van der Waals surface area contributed by atoms with Gasteiger partial charge in [0.15, 0.2) is 0 Å². The van der Waals surface area contributed by atoms with E-state index in [0.29, 0.717) is 10.8 Å². The second-order valence-electron chi connectivity index (χ2n) is 8.39. The quantitative estimate of drug-likeness (QED) is 0.511. The molecular formula is C23H26Cl3N5O3. The monoisotopic (exact) mass is 525 g/mol. The van der Waals surface area contributed by atoms with E-state index in [9.17, 15) is 14.4 Å². The number of hydrogen-bond acceptors (Lipinski definition) is 5. The molecule has 3 N–H and O–H groups in total. The largest absolute Gasteiger partial charge is 0.343 e. The molecule has 0 radical (unpaired) electrons. The van der Waals surface area contributed by atoms with Crippen LogP contribution in [0.4, 0.5) is 11.5 Å². The molecular weight excluding hydrogens is 501 g/mol. The summed E-state index contributed by atoms with van der Waals surface area (Å²) in [6.45, 7) is 5.34. The van der Waals surface area contributed by atoms with Crippen LogP contribution in [0.2, 0.25) is 15.1 Å². The van der Waals surface area contributed by atoms with Crippen LogP contribution in [0.5, 0.6) is 0 Å². The van der Waals surface area contributed by atoms with Crippen molar-refractivity contribution in [2.75, 3.05) is 17.3 Å². The molecule has 34 heavy (non-hydrogen) atoms. The van der Waals surface area contributed by atoms with E-state index in [-0.39, 0.29) is 34.0 Å². The van der Waals surface area contributed by atoms with Gasteiger partial charge in [-0.1, -0.05) is 54.7 Å². The number of carbonyl (C=O) groups is 3. The fourth-order valence-corrected chi connectivity index (χ4v) is 4.57. The predicted octanol–water partition coefficient (Wildman–Crippen LogP) is 3.69. The molecule has 11 heteroatoms. The lowest BCUT2D eigenvalue weighted by molar-refractivity contribution is -0.130. The van der Waals surface area contributed by atoms with Gasteiger partial charge in [0.25, 0.3) is 5.91 Å². The van der Waals surface area contributed by atoms with Crippen molar-refractivity contribution in [3.05, 3.63) is 51.1 Å². The molecule has 2 aromatic rings. The average Bonchev–Trinajstić information content (AvgIpc) is 3.18. The van der Waals surface area contributed by atoms with Gasteiger partial charge in [-0.05, 0) is 43.7 Å². The van der Waals surface area contributed by atoms with Gasteiger partial charge in [0.2, 0.25) is 11.8 Å². The number of nitrogens with one attached hydrogen (secondary N) is 3. The Balaban J connectivity index is 1.94. The normalized spacial score (nSPS) is 16.7. The van der Waals surface area contributed by atoms with Crippen LogP contribution in [0.25, 0.3) is 0 Å². The summed E-state index contributed by atoms with van der Waals surface area (Å²) in [5, 5.41) is 9.05. The number of carbonyl (C=O) groups excluding carboxylic acids is 3. The van der Waals surface area contributed by atoms with E-state index >= 15 is 0 Å². The fourth-order valence-electron chi connectivity index (χ4n) is 3.66. The summed E-state index contributed by atoms with van der Waals surface area (Å²) in [6, 6.07) is 4.20. The molecule has 0 spiro atoms. The molecule has 3 amide bonds. The minimum atomic E-state index is -0.917. The lowest BCUT2D eigenvalue weighted by atomic mass is 10.0. The molecule has 0 fully saturated rings. The van der Waals surface area contributed by atoms with Gasteiger partial charge in [-0.2, -0.15) is 0 Å². The number of amides is 3. The number of rotatable bonds is 7. The summed E-state index contributed by atoms with van der Waals surface area (Å²) < 4.78 is 0. The van der Waals surface area contributed by atoms with Crippen LogP contribution in [-0.2, 0) is 20.8 Å². The molecule has 8 nitrogen and oxygen atoms in total. The number of aromatic nitrogens is 1. The zero-order chi connectivity index (χ0) is 25.2. The molecule has 0 aliphatic carbocycles. The Kier molecular flexibility index (Phi) is 8.41. The number of anilines is 2. The highest BCUT2D eigenvalue weighted by atomic mass is 35.5. The summed E-state index contributed by atoms with van der Waals surface area (Å²) in [5.41, 5.74) is 0.937. The molecule has 3 atom stereocenters. The Morgan fingerprint density at radius 1 is 1.12 bits per heavy atom. The molecule has 2 heterocycles. The third kappa shape index (κ3) is 5.46. The molecule has 0 bridgehead atoms. The Hall–Kier alpha value is -2.39. The second kappa shape index (κ2) is 10.9. The highest BCUT2D eigenvalue weighted by Gasteiger charge is 2.43. The molecule has 0 saturated heterocycles. The summed E-state index contributed by atoms with van der Waals surface area (Å²) in [5.74, 6) is -1.11. The number of fused-ring (bicyclic) bond motifs is 1. The van der Waals surface area contributed by atoms with Crippen LogP contribution >= 0.6 is 34.8 Å². The van der Waals surface area contributed by atoms with Gasteiger partial charge < -0.3 is 16.0 Å². The average molecular weight is 527 g/mol. The fraction of sp³-hybridized carbons (Fsp3) is 0.391. The van der Waals surface area contributed by atoms with Gasteiger partial charge >= 0.3 is 0 Å². The van der Waals surface area contributed by atoms with E-state index in [0.717, 1.165) is 5.56 Å². The summed E-state index contributed by atoms with van der Waals surface area (Å²) in [7, 11) is 1.66. The Morgan fingerprint density at radius 2 is 1.76 bits per heavy atom. The number of halogens is 3. The van der Waals surface area contributed by atoms with E-state index < -0.39 is 29.9 Å². The first-order chi connectivity index (χ1) is 16.0. The van der Waals surface area contributed by atoms with E-state index in [2.05, 4.69) is 20.9 Å². The summed E-state index contributed by atoms with van der Waals surface area (Å²) >= 11 is 18.4. The van der Waals surface area contributed by atoms with E-state index in [1.165, 1.54) is 17.0 Å². The molecule has 182 valence electrons. The standard InChI is InChI=1S/C23H26Cl3N5O3/c1-11(2)18(29-21(32)12(3)27-4)23(34)31-17(8-13-6-5-7-28-20(13)31)22(33)30-19-15(25)9-14(24)10-16(19)26/h5-7,9-12,17-18,27H,8H2,1-4H3,(H,29,32)(H,30,33)/t12-,17?,18?/m0/s1. The van der Waals surface area contributed by atoms with Crippen molar-refractivity contribution in [2.45, 2.75) is 45.3 Å². The van der Waals surface area contributed by atoms with Gasteiger partial charge in [0, 0.05) is 17.6 Å². The van der Waals surface area contributed by atoms with Crippen molar-refractivity contribution in [1.29, 1.82) is 0 Å². The van der Waals surface area contributed by atoms with E-state index in [1.54, 1.807) is 26.2 Å². The molecule has 1 aromatic heterocycles. The Morgan fingerprint density at radius 3 is 2.35 bits per heavy atom. The number of pyridine rings is 1. The summed E-state index contributed by atoms with van der Waals surface area (Å²) in [6.07, 6.45) is 1.80. The van der Waals surface area contributed by atoms with Gasteiger partial charge in [0.05, 0.1) is 21.8 Å². The molecule has 3 rings (SSSR count). The predicted molar refractivity (Wildman–Crippen MR) is 135 cm³/mol. The van der Waals surface area contributed by atoms with Crippen molar-refractivity contribution in [3.63, 3.8) is 0 Å². The van der Waals surface area contributed by atoms with Gasteiger partial charge in [-0.25, -0.2) is 4.98 Å². The van der Waals surface area contributed by atoms with E-state index in [4.69, 9.17) is 34.8 Å². The van der Waals surface area contributed by atoms with E-state index in [1.807, 2.05) is 19.9 Å². The minimum absolute atomic E-state index is 0.172. The zero-order valence-corrected chi connectivity index (χ0v) is 21.4. The van der Waals surface area contributed by atoms with Crippen molar-refractivity contribution in [3.8, 4) is 0 Å². The first kappa shape index (κ1) is 26.2. The second-order valence-corrected chi connectivity index (χ2v) is 9.64. The maximum Gasteiger partial charge on any atom is 0.251 e. The maximum absolute atomic E-state index is 13.7. The van der Waals surface area contributed by atoms with Crippen LogP contribution in [0.15, 0.2) is 30.5 Å². The molecule has 0 saturated carbocycles. The third-order valence-corrected chi connectivity index (χ3v) is 6.49. The van der Waals surface area contributed by atoms with Gasteiger partial charge in [-0.3, -0.25) is 19.3 Å². The van der Waals surface area contributed by atoms with Crippen LogP contribution < -0.4 is 20.9 Å². The van der Waals surface area contributed by atoms with Crippen LogP contribution in [0.1, 0.15) is 26.3 Å². The number of benzene rings is 1. The van der Waals surface area contributed by atoms with Crippen molar-refractivity contribution in [2.24, 2.45) is 5.92 Å². The summed E-state index contributed by atoms with van der Waals surface area (Å²) in [4.78, 5) is 45.3. The lowest BCUT2D eigenvalue weighted by Crippen LogP contribution is -2.57. The molecule has 2 unspecified atom stereocenters. The van der Waals surface area contributed by atoms with Crippen LogP contribution in [0, 0.1) is 5.92 Å². The number of nitrogens with zero attached hydrogens (tertiary/aromatic N) is 2.